The number of nitrogens with zero attached hydrogens (tertiary/aromatic N) is 3. The van der Waals surface area contributed by atoms with E-state index in [9.17, 15) is 9.18 Å². The Morgan fingerprint density at radius 2 is 2.03 bits per heavy atom. The molecule has 0 fully saturated rings. The van der Waals surface area contributed by atoms with Gasteiger partial charge in [-0.3, -0.25) is 9.36 Å². The quantitative estimate of drug-likeness (QED) is 0.307. The maximum Gasteiger partial charge on any atom is 0.234 e. The lowest BCUT2D eigenvalue weighted by molar-refractivity contribution is -0.113. The molecule has 0 spiro atoms. The first-order valence-corrected chi connectivity index (χ1v) is 11.7. The Kier molecular flexibility index (Phi) is 8.27. The number of hydrogen-bond donors (Lipinski definition) is 1. The molecule has 0 unspecified atom stereocenters. The third kappa shape index (κ3) is 6.44. The number of thioether (sulfide) groups is 1. The molecule has 0 aliphatic carbocycles. The maximum absolute atomic E-state index is 13.5. The zero-order valence-electron chi connectivity index (χ0n) is 19.4. The van der Waals surface area contributed by atoms with Gasteiger partial charge in [-0.25, -0.2) is 4.39 Å². The van der Waals surface area contributed by atoms with Crippen LogP contribution in [0.25, 0.3) is 0 Å². The Hall–Kier alpha value is -3.13. The highest BCUT2D eigenvalue weighted by molar-refractivity contribution is 7.99. The predicted molar refractivity (Wildman–Crippen MR) is 130 cm³/mol. The van der Waals surface area contributed by atoms with Crippen LogP contribution in [-0.2, 0) is 17.9 Å². The molecule has 1 heterocycles. The molecule has 0 bridgehead atoms. The number of nitrogens with one attached hydrogen (secondary N) is 1. The van der Waals surface area contributed by atoms with E-state index in [-0.39, 0.29) is 18.3 Å². The number of amides is 1. The third-order valence-corrected chi connectivity index (χ3v) is 6.03. The molecule has 0 aliphatic rings. The molecule has 174 valence electrons. The van der Waals surface area contributed by atoms with Crippen molar-refractivity contribution in [2.45, 2.75) is 51.9 Å². The molecule has 0 radical (unpaired) electrons. The number of allylic oxidation sites excluding steroid dienone is 1. The molecule has 0 aliphatic heterocycles. The summed E-state index contributed by atoms with van der Waals surface area (Å²) in [4.78, 5) is 12.4. The number of hydrogen-bond acceptors (Lipinski definition) is 5. The highest BCUT2D eigenvalue weighted by Gasteiger charge is 2.16. The van der Waals surface area contributed by atoms with Gasteiger partial charge in [-0.1, -0.05) is 49.9 Å². The average Bonchev–Trinajstić information content (AvgIpc) is 3.15. The summed E-state index contributed by atoms with van der Waals surface area (Å²) in [5, 5.41) is 11.9. The molecule has 6 nitrogen and oxygen atoms in total. The lowest BCUT2D eigenvalue weighted by Gasteiger charge is -2.15. The van der Waals surface area contributed by atoms with Crippen LogP contribution in [-0.4, -0.2) is 26.4 Å². The van der Waals surface area contributed by atoms with Gasteiger partial charge in [0.2, 0.25) is 5.91 Å². The minimum absolute atomic E-state index is 0.113. The minimum atomic E-state index is -0.395. The third-order valence-electron chi connectivity index (χ3n) is 5.06. The smallest absolute Gasteiger partial charge is 0.234 e. The van der Waals surface area contributed by atoms with Crippen LogP contribution >= 0.6 is 11.8 Å². The Balaban J connectivity index is 1.68. The molecule has 33 heavy (non-hydrogen) atoms. The molecule has 1 amide bonds. The number of ether oxygens (including phenoxy) is 1. The zero-order valence-corrected chi connectivity index (χ0v) is 20.2. The molecular formula is C25H29FN4O2S. The van der Waals surface area contributed by atoms with Gasteiger partial charge in [0.1, 0.15) is 18.2 Å². The van der Waals surface area contributed by atoms with Crippen LogP contribution in [0.5, 0.6) is 5.75 Å². The Labute approximate surface area is 198 Å². The predicted octanol–water partition coefficient (Wildman–Crippen LogP) is 5.65. The second kappa shape index (κ2) is 11.1. The van der Waals surface area contributed by atoms with Crippen LogP contribution in [0.15, 0.2) is 54.2 Å². The molecule has 8 heteroatoms. The number of aromatic nitrogens is 3. The fourth-order valence-electron chi connectivity index (χ4n) is 3.28. The molecule has 3 aromatic rings. The average molecular weight is 469 g/mol. The van der Waals surface area contributed by atoms with Gasteiger partial charge in [0.05, 0.1) is 5.75 Å². The van der Waals surface area contributed by atoms with Crippen LogP contribution in [0.1, 0.15) is 42.3 Å². The second-order valence-corrected chi connectivity index (χ2v) is 9.02. The second-order valence-electron chi connectivity index (χ2n) is 8.08. The molecule has 0 saturated heterocycles. The SMILES string of the molecule is C=CCn1c(COc2cc(C)ccc2C(C)C)nnc1SCC(=O)Nc1cc(F)ccc1C. The Bertz CT molecular complexity index is 1140. The van der Waals surface area contributed by atoms with Crippen molar-refractivity contribution in [3.05, 3.63) is 77.4 Å². The van der Waals surface area contributed by atoms with Gasteiger partial charge in [-0.2, -0.15) is 0 Å². The van der Waals surface area contributed by atoms with Gasteiger partial charge >= 0.3 is 0 Å². The fraction of sp³-hybridized carbons (Fsp3) is 0.320. The highest BCUT2D eigenvalue weighted by Crippen LogP contribution is 2.28. The number of anilines is 1. The number of halogens is 1. The van der Waals surface area contributed by atoms with Crippen molar-refractivity contribution in [3.8, 4) is 5.75 Å². The van der Waals surface area contributed by atoms with Gasteiger partial charge in [-0.05, 0) is 54.7 Å². The van der Waals surface area contributed by atoms with Crippen LogP contribution in [0.4, 0.5) is 10.1 Å². The Morgan fingerprint density at radius 3 is 2.76 bits per heavy atom. The van der Waals surface area contributed by atoms with E-state index < -0.39 is 5.82 Å². The summed E-state index contributed by atoms with van der Waals surface area (Å²) in [7, 11) is 0. The molecule has 0 saturated carbocycles. The van der Waals surface area contributed by atoms with E-state index in [0.29, 0.717) is 29.1 Å². The zero-order chi connectivity index (χ0) is 24.0. The van der Waals surface area contributed by atoms with E-state index in [4.69, 9.17) is 4.74 Å². The van der Waals surface area contributed by atoms with Crippen LogP contribution in [0, 0.1) is 19.7 Å². The van der Waals surface area contributed by atoms with Gasteiger partial charge < -0.3 is 10.1 Å². The van der Waals surface area contributed by atoms with Crippen molar-refractivity contribution < 1.29 is 13.9 Å². The van der Waals surface area contributed by atoms with Crippen molar-refractivity contribution in [1.82, 2.24) is 14.8 Å². The summed E-state index contributed by atoms with van der Waals surface area (Å²) in [6, 6.07) is 10.5. The van der Waals surface area contributed by atoms with Crippen molar-refractivity contribution in [1.29, 1.82) is 0 Å². The molecule has 0 atom stereocenters. The summed E-state index contributed by atoms with van der Waals surface area (Å²) in [5.41, 5.74) is 3.51. The van der Waals surface area contributed by atoms with Gasteiger partial charge in [0.15, 0.2) is 11.0 Å². The topological polar surface area (TPSA) is 69.0 Å². The normalized spacial score (nSPS) is 11.0. The van der Waals surface area contributed by atoms with E-state index in [1.165, 1.54) is 23.9 Å². The minimum Gasteiger partial charge on any atom is -0.485 e. The molecule has 3 rings (SSSR count). The summed E-state index contributed by atoms with van der Waals surface area (Å²) in [6.45, 7) is 12.7. The van der Waals surface area contributed by atoms with Crippen molar-refractivity contribution in [2.24, 2.45) is 0 Å². The number of carbonyl (C=O) groups is 1. The fourth-order valence-corrected chi connectivity index (χ4v) is 4.04. The Morgan fingerprint density at radius 1 is 1.24 bits per heavy atom. The van der Waals surface area contributed by atoms with Gasteiger partial charge in [0.25, 0.3) is 0 Å². The van der Waals surface area contributed by atoms with Crippen molar-refractivity contribution >= 4 is 23.4 Å². The maximum atomic E-state index is 13.5. The van der Waals surface area contributed by atoms with E-state index >= 15 is 0 Å². The molecule has 1 aromatic heterocycles. The number of benzene rings is 2. The standard InChI is InChI=1S/C25H29FN4O2S/c1-6-11-30-23(14-32-22-12-17(4)7-10-20(22)16(2)3)28-29-25(30)33-15-24(31)27-21-13-19(26)9-8-18(21)5/h6-10,12-13,16H,1,11,14-15H2,2-5H3,(H,27,31). The monoisotopic (exact) mass is 468 g/mol. The summed E-state index contributed by atoms with van der Waals surface area (Å²) >= 11 is 1.26. The van der Waals surface area contributed by atoms with Crippen LogP contribution < -0.4 is 10.1 Å². The van der Waals surface area contributed by atoms with Gasteiger partial charge in [-0.15, -0.1) is 16.8 Å². The van der Waals surface area contributed by atoms with E-state index in [0.717, 1.165) is 22.4 Å². The highest BCUT2D eigenvalue weighted by atomic mass is 32.2. The van der Waals surface area contributed by atoms with Crippen molar-refractivity contribution in [2.75, 3.05) is 11.1 Å². The summed E-state index contributed by atoms with van der Waals surface area (Å²) in [6.07, 6.45) is 1.75. The largest absolute Gasteiger partial charge is 0.485 e. The van der Waals surface area contributed by atoms with E-state index in [2.05, 4.69) is 48.1 Å². The first kappa shape index (κ1) is 24.5. The lowest BCUT2D eigenvalue weighted by atomic mass is 10.0. The van der Waals surface area contributed by atoms with Crippen LogP contribution in [0.2, 0.25) is 0 Å². The van der Waals surface area contributed by atoms with E-state index in [1.807, 2.05) is 24.5 Å². The molecule has 1 N–H and O–H groups in total. The first-order chi connectivity index (χ1) is 15.8. The van der Waals surface area contributed by atoms with Crippen LogP contribution in [0.3, 0.4) is 0 Å². The van der Waals surface area contributed by atoms with E-state index in [1.54, 1.807) is 12.1 Å². The summed E-state index contributed by atoms with van der Waals surface area (Å²) < 4.78 is 21.5. The summed E-state index contributed by atoms with van der Waals surface area (Å²) in [5.74, 6) is 1.28. The molecule has 2 aromatic carbocycles. The van der Waals surface area contributed by atoms with Crippen molar-refractivity contribution in [3.63, 3.8) is 0 Å². The lowest BCUT2D eigenvalue weighted by Crippen LogP contribution is -2.16. The number of carbonyl (C=O) groups excluding carboxylic acids is 1. The molecular weight excluding hydrogens is 439 g/mol. The van der Waals surface area contributed by atoms with Gasteiger partial charge in [0, 0.05) is 12.2 Å². The number of aryl methyl sites for hydroxylation is 2. The first-order valence-electron chi connectivity index (χ1n) is 10.7. The number of rotatable bonds is 10.